The number of ether oxygens (including phenoxy) is 2. The maximum atomic E-state index is 12.2. The first-order chi connectivity index (χ1) is 13.1. The fraction of sp³-hybridized carbons (Fsp3) is 0.105. The molecule has 0 bridgehead atoms. The fourth-order valence-corrected chi connectivity index (χ4v) is 3.48. The van der Waals surface area contributed by atoms with Gasteiger partial charge in [-0.2, -0.15) is 0 Å². The highest BCUT2D eigenvalue weighted by Gasteiger charge is 2.11. The van der Waals surface area contributed by atoms with Crippen LogP contribution in [0.2, 0.25) is 0 Å². The molecule has 27 heavy (non-hydrogen) atoms. The molecule has 0 aliphatic rings. The third-order valence-electron chi connectivity index (χ3n) is 3.81. The summed E-state index contributed by atoms with van der Waals surface area (Å²) in [7, 11) is 1.58. The summed E-state index contributed by atoms with van der Waals surface area (Å²) in [5.41, 5.74) is 0.660. The van der Waals surface area contributed by atoms with Crippen LogP contribution in [0.5, 0.6) is 11.5 Å². The number of anilines is 1. The Labute approximate surface area is 157 Å². The summed E-state index contributed by atoms with van der Waals surface area (Å²) >= 11 is 1.35. The molecule has 7 nitrogen and oxygen atoms in total. The van der Waals surface area contributed by atoms with Crippen LogP contribution in [0.4, 0.5) is 5.13 Å². The summed E-state index contributed by atoms with van der Waals surface area (Å²) in [6, 6.07) is 13.6. The summed E-state index contributed by atoms with van der Waals surface area (Å²) in [6.45, 7) is -0.199. The second-order valence-corrected chi connectivity index (χ2v) is 6.65. The number of carbonyl (C=O) groups excluding carboxylic acids is 1. The fourth-order valence-electron chi connectivity index (χ4n) is 2.58. The standard InChI is InChI=1S/C19H14N2O5S/c1-24-13-3-2-4-15-18(13)21-19(27-15)20-16(22)10-25-12-7-5-11-6-8-17(23)26-14(11)9-12/h2-9H,10H2,1H3,(H,20,21,22). The van der Waals surface area contributed by atoms with Gasteiger partial charge >= 0.3 is 5.63 Å². The number of methoxy groups -OCH3 is 1. The van der Waals surface area contributed by atoms with Crippen molar-refractivity contribution in [2.24, 2.45) is 0 Å². The van der Waals surface area contributed by atoms with Gasteiger partial charge in [0.05, 0.1) is 11.8 Å². The number of nitrogens with one attached hydrogen (secondary N) is 1. The van der Waals surface area contributed by atoms with E-state index >= 15 is 0 Å². The lowest BCUT2D eigenvalue weighted by Crippen LogP contribution is -2.20. The highest BCUT2D eigenvalue weighted by molar-refractivity contribution is 7.22. The number of amides is 1. The van der Waals surface area contributed by atoms with Crippen LogP contribution in [-0.2, 0) is 4.79 Å². The predicted octanol–water partition coefficient (Wildman–Crippen LogP) is 3.43. The number of fused-ring (bicyclic) bond motifs is 2. The third-order valence-corrected chi connectivity index (χ3v) is 4.75. The van der Waals surface area contributed by atoms with E-state index < -0.39 is 5.63 Å². The number of nitrogens with zero attached hydrogens (tertiary/aromatic N) is 1. The molecule has 0 radical (unpaired) electrons. The van der Waals surface area contributed by atoms with Crippen LogP contribution in [0.15, 0.2) is 57.7 Å². The highest BCUT2D eigenvalue weighted by Crippen LogP contribution is 2.32. The van der Waals surface area contributed by atoms with E-state index in [1.165, 1.54) is 17.4 Å². The van der Waals surface area contributed by atoms with E-state index in [4.69, 9.17) is 13.9 Å². The van der Waals surface area contributed by atoms with Crippen molar-refractivity contribution in [1.29, 1.82) is 0 Å². The van der Waals surface area contributed by atoms with Gasteiger partial charge in [0.2, 0.25) is 0 Å². The smallest absolute Gasteiger partial charge is 0.336 e. The van der Waals surface area contributed by atoms with Crippen molar-refractivity contribution in [1.82, 2.24) is 4.98 Å². The zero-order valence-corrected chi connectivity index (χ0v) is 15.0. The van der Waals surface area contributed by atoms with Gasteiger partial charge in [0.15, 0.2) is 11.7 Å². The van der Waals surface area contributed by atoms with E-state index in [9.17, 15) is 9.59 Å². The van der Waals surface area contributed by atoms with Crippen LogP contribution in [-0.4, -0.2) is 24.6 Å². The topological polar surface area (TPSA) is 90.7 Å². The lowest BCUT2D eigenvalue weighted by molar-refractivity contribution is -0.118. The maximum absolute atomic E-state index is 12.2. The van der Waals surface area contributed by atoms with Gasteiger partial charge in [-0.3, -0.25) is 10.1 Å². The molecule has 0 unspecified atom stereocenters. The Balaban J connectivity index is 1.44. The Morgan fingerprint density at radius 3 is 2.93 bits per heavy atom. The zero-order chi connectivity index (χ0) is 18.8. The van der Waals surface area contributed by atoms with Crippen molar-refractivity contribution < 1.29 is 18.7 Å². The summed E-state index contributed by atoms with van der Waals surface area (Å²) in [4.78, 5) is 27.8. The highest BCUT2D eigenvalue weighted by atomic mass is 32.1. The van der Waals surface area contributed by atoms with Crippen molar-refractivity contribution in [2.45, 2.75) is 0 Å². The van der Waals surface area contributed by atoms with Gasteiger partial charge in [-0.05, 0) is 30.3 Å². The number of aromatic nitrogens is 1. The van der Waals surface area contributed by atoms with Crippen molar-refractivity contribution in [3.05, 3.63) is 59.0 Å². The Morgan fingerprint density at radius 1 is 1.22 bits per heavy atom. The average Bonchev–Trinajstić information content (AvgIpc) is 3.08. The molecule has 0 saturated carbocycles. The second kappa shape index (κ2) is 7.08. The lowest BCUT2D eigenvalue weighted by Gasteiger charge is -2.06. The van der Waals surface area contributed by atoms with Crippen LogP contribution in [0.25, 0.3) is 21.2 Å². The molecule has 0 saturated heterocycles. The van der Waals surface area contributed by atoms with Crippen molar-refractivity contribution in [3.8, 4) is 11.5 Å². The SMILES string of the molecule is COc1cccc2sc(NC(=O)COc3ccc4ccc(=O)oc4c3)nc12. The summed E-state index contributed by atoms with van der Waals surface area (Å²) < 4.78 is 16.8. The van der Waals surface area contributed by atoms with Crippen molar-refractivity contribution >= 4 is 43.6 Å². The van der Waals surface area contributed by atoms with Crippen LogP contribution in [0.1, 0.15) is 0 Å². The Hall–Kier alpha value is -3.39. The molecule has 0 atom stereocenters. The van der Waals surface area contributed by atoms with E-state index in [-0.39, 0.29) is 12.5 Å². The quantitative estimate of drug-likeness (QED) is 0.532. The monoisotopic (exact) mass is 382 g/mol. The maximum Gasteiger partial charge on any atom is 0.336 e. The first-order valence-electron chi connectivity index (χ1n) is 8.02. The van der Waals surface area contributed by atoms with Crippen LogP contribution in [0.3, 0.4) is 0 Å². The van der Waals surface area contributed by atoms with Crippen molar-refractivity contribution in [3.63, 3.8) is 0 Å². The van der Waals surface area contributed by atoms with Crippen molar-refractivity contribution in [2.75, 3.05) is 19.0 Å². The first-order valence-corrected chi connectivity index (χ1v) is 8.84. The molecule has 2 aromatic heterocycles. The molecule has 136 valence electrons. The van der Waals surface area contributed by atoms with Crippen LogP contribution >= 0.6 is 11.3 Å². The Morgan fingerprint density at radius 2 is 2.07 bits per heavy atom. The van der Waals surface area contributed by atoms with E-state index in [0.29, 0.717) is 27.7 Å². The summed E-state index contributed by atoms with van der Waals surface area (Å²) in [6.07, 6.45) is 0. The zero-order valence-electron chi connectivity index (χ0n) is 14.2. The first kappa shape index (κ1) is 17.0. The molecule has 4 rings (SSSR count). The Kier molecular flexibility index (Phi) is 4.47. The number of hydrogen-bond acceptors (Lipinski definition) is 7. The molecular formula is C19H14N2O5S. The van der Waals surface area contributed by atoms with Gasteiger partial charge in [0.1, 0.15) is 22.6 Å². The summed E-state index contributed by atoms with van der Waals surface area (Å²) in [5, 5.41) is 3.95. The van der Waals surface area contributed by atoms with Gasteiger partial charge in [0.25, 0.3) is 5.91 Å². The molecule has 2 aromatic carbocycles. The Bertz CT molecular complexity index is 1200. The van der Waals surface area contributed by atoms with E-state index in [1.54, 1.807) is 31.4 Å². The predicted molar refractivity (Wildman–Crippen MR) is 103 cm³/mol. The number of para-hydroxylation sites is 1. The minimum atomic E-state index is -0.441. The molecule has 1 N–H and O–H groups in total. The number of thiazole rings is 1. The van der Waals surface area contributed by atoms with E-state index in [2.05, 4.69) is 10.3 Å². The van der Waals surface area contributed by atoms with Crippen LogP contribution in [0, 0.1) is 0 Å². The normalized spacial score (nSPS) is 10.9. The summed E-state index contributed by atoms with van der Waals surface area (Å²) in [5.74, 6) is 0.735. The van der Waals surface area contributed by atoms with E-state index in [0.717, 1.165) is 10.1 Å². The molecule has 0 fully saturated rings. The average molecular weight is 382 g/mol. The molecule has 1 amide bonds. The molecule has 0 aliphatic carbocycles. The number of carbonyl (C=O) groups is 1. The molecule has 0 spiro atoms. The number of benzene rings is 2. The van der Waals surface area contributed by atoms with Gasteiger partial charge in [-0.1, -0.05) is 17.4 Å². The molecule has 8 heteroatoms. The number of rotatable bonds is 5. The van der Waals surface area contributed by atoms with Crippen LogP contribution < -0.4 is 20.4 Å². The van der Waals surface area contributed by atoms with Gasteiger partial charge in [-0.25, -0.2) is 9.78 Å². The second-order valence-electron chi connectivity index (χ2n) is 5.62. The largest absolute Gasteiger partial charge is 0.494 e. The third kappa shape index (κ3) is 3.61. The molecular weight excluding hydrogens is 368 g/mol. The molecule has 4 aromatic rings. The number of hydrogen-bond donors (Lipinski definition) is 1. The lowest BCUT2D eigenvalue weighted by atomic mass is 10.2. The van der Waals surface area contributed by atoms with Gasteiger partial charge in [0, 0.05) is 17.5 Å². The van der Waals surface area contributed by atoms with Gasteiger partial charge < -0.3 is 13.9 Å². The molecule has 0 aliphatic heterocycles. The van der Waals surface area contributed by atoms with E-state index in [1.807, 2.05) is 18.2 Å². The molecule has 2 heterocycles. The minimum Gasteiger partial charge on any atom is -0.494 e. The van der Waals surface area contributed by atoms with Gasteiger partial charge in [-0.15, -0.1) is 0 Å². The minimum absolute atomic E-state index is 0.199.